The summed E-state index contributed by atoms with van der Waals surface area (Å²) in [7, 11) is 0. The zero-order valence-corrected chi connectivity index (χ0v) is 8.47. The lowest BCUT2D eigenvalue weighted by atomic mass is 10.1. The van der Waals surface area contributed by atoms with Gasteiger partial charge in [0, 0.05) is 12.8 Å². The van der Waals surface area contributed by atoms with E-state index in [1.54, 1.807) is 6.92 Å². The predicted molar refractivity (Wildman–Crippen MR) is 49.7 cm³/mol. The predicted octanol–water partition coefficient (Wildman–Crippen LogP) is 1.94. The van der Waals surface area contributed by atoms with E-state index in [2.05, 4.69) is 13.8 Å². The molecular weight excluding hydrogens is 150 g/mol. The second kappa shape index (κ2) is 3.56. The monoisotopic (exact) mass is 170 g/mol. The Morgan fingerprint density at radius 2 is 2.17 bits per heavy atom. The third-order valence-electron chi connectivity index (χ3n) is 3.46. The lowest BCUT2D eigenvalue weighted by Gasteiger charge is -2.35. The van der Waals surface area contributed by atoms with Gasteiger partial charge < -0.3 is 0 Å². The molecule has 2 nitrogen and oxygen atoms in total. The zero-order chi connectivity index (χ0) is 9.19. The van der Waals surface area contributed by atoms with Crippen LogP contribution in [0.4, 0.5) is 0 Å². The van der Waals surface area contributed by atoms with Gasteiger partial charge in [0.05, 0.1) is 26.1 Å². The largest absolute Gasteiger partial charge is 0.310 e. The average Bonchev–Trinajstić information content (AvgIpc) is 2.47. The van der Waals surface area contributed by atoms with Crippen molar-refractivity contribution in [2.24, 2.45) is 0 Å². The highest BCUT2D eigenvalue weighted by Gasteiger charge is 2.43. The highest BCUT2D eigenvalue weighted by atomic mass is 16.2. The summed E-state index contributed by atoms with van der Waals surface area (Å²) in [6.07, 6.45) is 3.61. The minimum atomic E-state index is 0.363. The summed E-state index contributed by atoms with van der Waals surface area (Å²) in [6, 6.07) is 0.604. The Morgan fingerprint density at radius 1 is 1.50 bits per heavy atom. The number of hydrogen-bond donors (Lipinski definition) is 0. The van der Waals surface area contributed by atoms with Gasteiger partial charge in [-0.3, -0.25) is 4.48 Å². The maximum absolute atomic E-state index is 11.5. The smallest absolute Gasteiger partial charge is 0.259 e. The molecule has 1 saturated heterocycles. The zero-order valence-electron chi connectivity index (χ0n) is 8.47. The van der Waals surface area contributed by atoms with E-state index < -0.39 is 0 Å². The van der Waals surface area contributed by atoms with E-state index in [-0.39, 0.29) is 0 Å². The van der Waals surface area contributed by atoms with E-state index in [1.807, 2.05) is 0 Å². The third-order valence-corrected chi connectivity index (χ3v) is 3.46. The van der Waals surface area contributed by atoms with Crippen molar-refractivity contribution in [3.05, 3.63) is 0 Å². The molecule has 70 valence electrons. The van der Waals surface area contributed by atoms with Crippen LogP contribution in [0.1, 0.15) is 40.0 Å². The summed E-state index contributed by atoms with van der Waals surface area (Å²) >= 11 is 0. The molecule has 0 spiro atoms. The molecule has 2 atom stereocenters. The first-order chi connectivity index (χ1) is 5.67. The van der Waals surface area contributed by atoms with Gasteiger partial charge >= 0.3 is 5.91 Å². The molecule has 1 fully saturated rings. The quantitative estimate of drug-likeness (QED) is 0.579. The van der Waals surface area contributed by atoms with E-state index in [9.17, 15) is 4.79 Å². The Labute approximate surface area is 75.1 Å². The maximum Gasteiger partial charge on any atom is 0.310 e. The number of carbonyl (C=O) groups excluding carboxylic acids is 1. The van der Waals surface area contributed by atoms with E-state index in [4.69, 9.17) is 0 Å². The summed E-state index contributed by atoms with van der Waals surface area (Å²) in [5, 5.41) is 0. The first kappa shape index (κ1) is 9.72. The van der Waals surface area contributed by atoms with Crippen molar-refractivity contribution in [1.29, 1.82) is 0 Å². The second-order valence-corrected chi connectivity index (χ2v) is 3.80. The molecule has 12 heavy (non-hydrogen) atoms. The third kappa shape index (κ3) is 1.28. The number of rotatable bonds is 2. The van der Waals surface area contributed by atoms with Crippen molar-refractivity contribution >= 4 is 5.91 Å². The lowest BCUT2D eigenvalue weighted by molar-refractivity contribution is -0.864. The van der Waals surface area contributed by atoms with Crippen LogP contribution in [0.5, 0.6) is 0 Å². The molecule has 1 aliphatic rings. The number of likely N-dealkylation sites (tertiary alicyclic amines) is 1. The molecule has 0 saturated carbocycles. The molecule has 2 unspecified atom stereocenters. The average molecular weight is 170 g/mol. The fourth-order valence-electron chi connectivity index (χ4n) is 2.65. The minimum absolute atomic E-state index is 0.363. The van der Waals surface area contributed by atoms with Crippen LogP contribution >= 0.6 is 0 Å². The molecule has 0 aromatic heterocycles. The summed E-state index contributed by atoms with van der Waals surface area (Å²) in [5.74, 6) is 0.363. The Hall–Kier alpha value is -0.370. The molecular formula is C10H20NO+. The molecule has 0 aromatic rings. The van der Waals surface area contributed by atoms with Crippen LogP contribution in [0.2, 0.25) is 0 Å². The van der Waals surface area contributed by atoms with Crippen LogP contribution in [0.25, 0.3) is 0 Å². The van der Waals surface area contributed by atoms with E-state index >= 15 is 0 Å². The summed E-state index contributed by atoms with van der Waals surface area (Å²) in [4.78, 5) is 11.5. The van der Waals surface area contributed by atoms with Gasteiger partial charge in [-0.15, -0.1) is 0 Å². The second-order valence-electron chi connectivity index (χ2n) is 3.80. The van der Waals surface area contributed by atoms with E-state index in [0.717, 1.165) is 24.0 Å². The fourth-order valence-corrected chi connectivity index (χ4v) is 2.65. The number of carbonyl (C=O) groups is 1. The van der Waals surface area contributed by atoms with Crippen molar-refractivity contribution in [1.82, 2.24) is 0 Å². The van der Waals surface area contributed by atoms with E-state index in [0.29, 0.717) is 11.9 Å². The van der Waals surface area contributed by atoms with Gasteiger partial charge in [-0.05, 0) is 13.3 Å². The van der Waals surface area contributed by atoms with Crippen molar-refractivity contribution in [2.75, 3.05) is 13.1 Å². The topological polar surface area (TPSA) is 17.1 Å². The Kier molecular flexibility index (Phi) is 2.89. The Morgan fingerprint density at radius 3 is 2.50 bits per heavy atom. The van der Waals surface area contributed by atoms with Crippen LogP contribution in [0.15, 0.2) is 0 Å². The van der Waals surface area contributed by atoms with E-state index in [1.165, 1.54) is 12.8 Å². The summed E-state index contributed by atoms with van der Waals surface area (Å²) in [6.45, 7) is 8.13. The number of nitrogens with zero attached hydrogens (tertiary/aromatic N) is 1. The van der Waals surface area contributed by atoms with Crippen molar-refractivity contribution < 1.29 is 9.28 Å². The van der Waals surface area contributed by atoms with Gasteiger partial charge in [0.1, 0.15) is 0 Å². The number of quaternary nitrogens is 1. The normalized spacial score (nSPS) is 35.4. The lowest BCUT2D eigenvalue weighted by Crippen LogP contribution is -2.54. The maximum atomic E-state index is 11.5. The van der Waals surface area contributed by atoms with Crippen LogP contribution < -0.4 is 0 Å². The standard InChI is InChI=1S/C10H20NO/c1-4-10-7-6-8-11(10,5-2)9(3)12/h10H,4-8H2,1-3H3/q+1. The first-order valence-electron chi connectivity index (χ1n) is 5.05. The van der Waals surface area contributed by atoms with Crippen LogP contribution in [-0.4, -0.2) is 29.5 Å². The Bertz CT molecular complexity index is 179. The molecule has 0 N–H and O–H groups in total. The van der Waals surface area contributed by atoms with Gasteiger partial charge in [0.2, 0.25) is 0 Å². The summed E-state index contributed by atoms with van der Waals surface area (Å²) < 4.78 is 0.747. The molecule has 0 bridgehead atoms. The van der Waals surface area contributed by atoms with Crippen LogP contribution in [0, 0.1) is 0 Å². The first-order valence-corrected chi connectivity index (χ1v) is 5.05. The number of amides is 1. The molecule has 1 heterocycles. The SMILES string of the molecule is CCC1CCC[N+]1(CC)C(C)=O. The van der Waals surface area contributed by atoms with Gasteiger partial charge in [0.15, 0.2) is 0 Å². The minimum Gasteiger partial charge on any atom is -0.259 e. The highest BCUT2D eigenvalue weighted by molar-refractivity contribution is 5.66. The van der Waals surface area contributed by atoms with Crippen molar-refractivity contribution in [3.8, 4) is 0 Å². The molecule has 0 radical (unpaired) electrons. The van der Waals surface area contributed by atoms with Gasteiger partial charge in [-0.25, -0.2) is 4.79 Å². The Balaban J connectivity index is 2.83. The van der Waals surface area contributed by atoms with Crippen molar-refractivity contribution in [3.63, 3.8) is 0 Å². The van der Waals surface area contributed by atoms with Crippen molar-refractivity contribution in [2.45, 2.75) is 46.1 Å². The number of hydrogen-bond acceptors (Lipinski definition) is 1. The molecule has 1 rings (SSSR count). The van der Waals surface area contributed by atoms with Gasteiger partial charge in [0.25, 0.3) is 0 Å². The molecule has 0 aliphatic carbocycles. The fraction of sp³-hybridized carbons (Fsp3) is 0.900. The molecule has 1 aliphatic heterocycles. The molecule has 1 amide bonds. The molecule has 2 heteroatoms. The van der Waals surface area contributed by atoms with Crippen LogP contribution in [-0.2, 0) is 4.79 Å². The molecule has 0 aromatic carbocycles. The van der Waals surface area contributed by atoms with Gasteiger partial charge in [-0.1, -0.05) is 6.92 Å². The summed E-state index contributed by atoms with van der Waals surface area (Å²) in [5.41, 5.74) is 0. The van der Waals surface area contributed by atoms with Crippen LogP contribution in [0.3, 0.4) is 0 Å². The van der Waals surface area contributed by atoms with Gasteiger partial charge in [-0.2, -0.15) is 0 Å². The highest BCUT2D eigenvalue weighted by Crippen LogP contribution is 2.29.